The van der Waals surface area contributed by atoms with Crippen molar-refractivity contribution in [2.24, 2.45) is 0 Å². The van der Waals surface area contributed by atoms with Crippen molar-refractivity contribution in [2.75, 3.05) is 19.8 Å². The minimum atomic E-state index is -0.628. The molecule has 0 saturated heterocycles. The Labute approximate surface area is 252 Å². The van der Waals surface area contributed by atoms with Crippen LogP contribution in [0.15, 0.2) is 85.0 Å². The fraction of sp³-hybridized carbons (Fsp3) is 0.457. The van der Waals surface area contributed by atoms with Crippen LogP contribution in [0, 0.1) is 0 Å². The number of benzene rings is 1. The Kier molecular flexibility index (Phi) is 21.6. The lowest BCUT2D eigenvalue weighted by Gasteiger charge is -2.16. The highest BCUT2D eigenvalue weighted by Gasteiger charge is 2.18. The molecule has 1 amide bonds. The third-order valence-electron chi connectivity index (χ3n) is 5.90. The molecule has 0 heterocycles. The van der Waals surface area contributed by atoms with Gasteiger partial charge < -0.3 is 19.5 Å². The summed E-state index contributed by atoms with van der Waals surface area (Å²) in [7, 11) is 0. The first-order valence-electron chi connectivity index (χ1n) is 15.1. The van der Waals surface area contributed by atoms with Crippen LogP contribution in [0.3, 0.4) is 0 Å². The van der Waals surface area contributed by atoms with Gasteiger partial charge in [0.1, 0.15) is 24.0 Å². The van der Waals surface area contributed by atoms with Crippen molar-refractivity contribution in [2.45, 2.75) is 84.7 Å². The van der Waals surface area contributed by atoms with Crippen LogP contribution in [-0.2, 0) is 19.1 Å². The molecule has 1 atom stereocenters. The van der Waals surface area contributed by atoms with Gasteiger partial charge >= 0.3 is 11.9 Å². The third-order valence-corrected chi connectivity index (χ3v) is 5.90. The topological polar surface area (TPSA) is 90.9 Å². The fourth-order valence-corrected chi connectivity index (χ4v) is 3.73. The zero-order chi connectivity index (χ0) is 30.7. The highest BCUT2D eigenvalue weighted by Crippen LogP contribution is 2.19. The Balaban J connectivity index is 2.12. The van der Waals surface area contributed by atoms with Gasteiger partial charge in [0.15, 0.2) is 0 Å². The molecule has 0 saturated carbocycles. The summed E-state index contributed by atoms with van der Waals surface area (Å²) in [6.07, 6.45) is 29.7. The molecule has 0 fully saturated rings. The van der Waals surface area contributed by atoms with Crippen LogP contribution in [0.5, 0.6) is 5.75 Å². The molecule has 7 nitrogen and oxygen atoms in total. The predicted molar refractivity (Wildman–Crippen MR) is 169 cm³/mol. The quantitative estimate of drug-likeness (QED) is 0.0658. The van der Waals surface area contributed by atoms with Gasteiger partial charge in [-0.3, -0.25) is 9.59 Å². The maximum Gasteiger partial charge on any atom is 0.342 e. The van der Waals surface area contributed by atoms with Gasteiger partial charge in [0.2, 0.25) is 5.91 Å². The first-order chi connectivity index (χ1) is 20.5. The second-order valence-corrected chi connectivity index (χ2v) is 9.49. The maximum atomic E-state index is 12.4. The third kappa shape index (κ3) is 18.6. The van der Waals surface area contributed by atoms with Crippen molar-refractivity contribution >= 4 is 17.8 Å². The molecule has 1 N–H and O–H groups in total. The Morgan fingerprint density at radius 1 is 0.786 bits per heavy atom. The number of carbonyl (C=O) groups is 3. The van der Waals surface area contributed by atoms with Gasteiger partial charge in [-0.25, -0.2) is 4.79 Å². The average Bonchev–Trinajstić information content (AvgIpc) is 2.98. The summed E-state index contributed by atoms with van der Waals surface area (Å²) < 4.78 is 16.0. The number of hydrogen-bond acceptors (Lipinski definition) is 6. The van der Waals surface area contributed by atoms with Gasteiger partial charge in [-0.1, -0.05) is 86.7 Å². The lowest BCUT2D eigenvalue weighted by atomic mass is 10.2. The molecule has 7 heteroatoms. The highest BCUT2D eigenvalue weighted by molar-refractivity contribution is 5.93. The van der Waals surface area contributed by atoms with Crippen LogP contribution in [0.4, 0.5) is 0 Å². The van der Waals surface area contributed by atoms with E-state index < -0.39 is 18.0 Å². The van der Waals surface area contributed by atoms with E-state index in [2.05, 4.69) is 73.0 Å². The molecule has 42 heavy (non-hydrogen) atoms. The van der Waals surface area contributed by atoms with Crippen LogP contribution >= 0.6 is 0 Å². The second kappa shape index (κ2) is 25.0. The summed E-state index contributed by atoms with van der Waals surface area (Å²) in [4.78, 5) is 36.0. The molecule has 0 aliphatic heterocycles. The molecule has 230 valence electrons. The predicted octanol–water partition coefficient (Wildman–Crippen LogP) is 7.60. The summed E-state index contributed by atoms with van der Waals surface area (Å²) in [6.45, 7) is 5.96. The number of allylic oxidation sites excluding steroid dienone is 10. The first-order valence-corrected chi connectivity index (χ1v) is 15.1. The molecule has 1 aromatic carbocycles. The molecule has 0 bridgehead atoms. The van der Waals surface area contributed by atoms with Gasteiger partial charge in [0.05, 0.1) is 6.54 Å². The van der Waals surface area contributed by atoms with Crippen LogP contribution in [0.2, 0.25) is 0 Å². The van der Waals surface area contributed by atoms with E-state index in [0.29, 0.717) is 13.0 Å². The molecule has 1 unspecified atom stereocenters. The average molecular weight is 580 g/mol. The summed E-state index contributed by atoms with van der Waals surface area (Å²) in [5.41, 5.74) is 0.151. The van der Waals surface area contributed by atoms with Crippen LogP contribution < -0.4 is 10.1 Å². The van der Waals surface area contributed by atoms with Gasteiger partial charge in [-0.05, 0) is 69.9 Å². The van der Waals surface area contributed by atoms with Crippen LogP contribution in [0.25, 0.3) is 0 Å². The number of para-hydroxylation sites is 1. The van der Waals surface area contributed by atoms with Gasteiger partial charge in [0.25, 0.3) is 0 Å². The highest BCUT2D eigenvalue weighted by atomic mass is 16.5. The Morgan fingerprint density at radius 2 is 1.38 bits per heavy atom. The van der Waals surface area contributed by atoms with E-state index >= 15 is 0 Å². The minimum absolute atomic E-state index is 0.0112. The Morgan fingerprint density at radius 3 is 1.98 bits per heavy atom. The molecule has 1 aromatic rings. The molecular formula is C35H49NO6. The van der Waals surface area contributed by atoms with E-state index in [1.54, 1.807) is 12.1 Å². The number of hydrogen-bond donors (Lipinski definition) is 1. The summed E-state index contributed by atoms with van der Waals surface area (Å²) in [6, 6.07) is 6.34. The van der Waals surface area contributed by atoms with E-state index in [1.807, 2.05) is 6.92 Å². The number of ether oxygens (including phenoxy) is 3. The number of rotatable bonds is 22. The molecule has 0 spiro atoms. The SMILES string of the molecule is CCC=CCC=CCC=CCC=CCC=CCCCCOC(CC)C(=O)NCCOC(=O)c1ccccc1OC(C)=O. The van der Waals surface area contributed by atoms with E-state index in [1.165, 1.54) is 19.1 Å². The lowest BCUT2D eigenvalue weighted by Crippen LogP contribution is -2.38. The monoisotopic (exact) mass is 579 g/mol. The molecule has 0 aliphatic rings. The van der Waals surface area contributed by atoms with Gasteiger partial charge in [0, 0.05) is 13.5 Å². The molecule has 0 aromatic heterocycles. The molecule has 0 radical (unpaired) electrons. The largest absolute Gasteiger partial charge is 0.460 e. The Hall–Kier alpha value is -3.71. The summed E-state index contributed by atoms with van der Waals surface area (Å²) >= 11 is 0. The van der Waals surface area contributed by atoms with Crippen LogP contribution in [-0.4, -0.2) is 43.7 Å². The van der Waals surface area contributed by atoms with E-state index in [4.69, 9.17) is 14.2 Å². The lowest BCUT2D eigenvalue weighted by molar-refractivity contribution is -0.133. The standard InChI is InChI=1S/C35H49NO6/c1-4-6-7-8-9-10-11-12-13-14-15-16-17-18-19-20-21-24-28-40-32(5-2)34(38)36-27-29-41-35(39)31-25-22-23-26-33(31)42-30(3)37/h6-7,9-10,12-13,15-16,18-19,22-23,25-26,32H,4-5,8,11,14,17,20-21,24,27-29H2,1-3H3,(H,36,38). The van der Waals surface area contributed by atoms with Gasteiger partial charge in [-0.15, -0.1) is 0 Å². The van der Waals surface area contributed by atoms with Crippen molar-refractivity contribution in [3.05, 3.63) is 90.6 Å². The van der Waals surface area contributed by atoms with Crippen molar-refractivity contribution < 1.29 is 28.6 Å². The summed E-state index contributed by atoms with van der Waals surface area (Å²) in [5.74, 6) is -1.24. The number of amides is 1. The second-order valence-electron chi connectivity index (χ2n) is 9.49. The van der Waals surface area contributed by atoms with E-state index in [0.717, 1.165) is 51.4 Å². The number of carbonyl (C=O) groups excluding carboxylic acids is 3. The number of nitrogens with one attached hydrogen (secondary N) is 1. The van der Waals surface area contributed by atoms with E-state index in [-0.39, 0.29) is 30.4 Å². The van der Waals surface area contributed by atoms with E-state index in [9.17, 15) is 14.4 Å². The van der Waals surface area contributed by atoms with Gasteiger partial charge in [-0.2, -0.15) is 0 Å². The molecule has 1 rings (SSSR count). The van der Waals surface area contributed by atoms with Crippen LogP contribution in [0.1, 0.15) is 88.9 Å². The summed E-state index contributed by atoms with van der Waals surface area (Å²) in [5, 5.41) is 2.74. The van der Waals surface area contributed by atoms with Crippen molar-refractivity contribution in [1.29, 1.82) is 0 Å². The van der Waals surface area contributed by atoms with Crippen molar-refractivity contribution in [1.82, 2.24) is 5.32 Å². The molecular weight excluding hydrogens is 530 g/mol. The normalized spacial score (nSPS) is 12.6. The Bertz CT molecular complexity index is 1050. The van der Waals surface area contributed by atoms with Crippen molar-refractivity contribution in [3.63, 3.8) is 0 Å². The maximum absolute atomic E-state index is 12.4. The minimum Gasteiger partial charge on any atom is -0.460 e. The number of esters is 2. The zero-order valence-corrected chi connectivity index (χ0v) is 25.6. The zero-order valence-electron chi connectivity index (χ0n) is 25.6. The smallest absolute Gasteiger partial charge is 0.342 e. The molecule has 0 aliphatic carbocycles. The van der Waals surface area contributed by atoms with Crippen molar-refractivity contribution in [3.8, 4) is 5.75 Å². The fourth-order valence-electron chi connectivity index (χ4n) is 3.73. The number of unbranched alkanes of at least 4 members (excludes halogenated alkanes) is 2. The first kappa shape index (κ1) is 36.3.